The summed E-state index contributed by atoms with van der Waals surface area (Å²) in [5.74, 6) is 0. The van der Waals surface area contributed by atoms with Crippen LogP contribution in [0.4, 0.5) is 0 Å². The van der Waals surface area contributed by atoms with Gasteiger partial charge in [0.2, 0.25) is 0 Å². The number of nitriles is 1. The maximum atomic E-state index is 9.23. The smallest absolute Gasteiger partial charge is 0.191 e. The number of aryl methyl sites for hydroxylation is 1. The van der Waals surface area contributed by atoms with Crippen molar-refractivity contribution in [3.8, 4) is 23.0 Å². The summed E-state index contributed by atoms with van der Waals surface area (Å²) < 4.78 is 1.60. The average molecular weight is 296 g/mol. The lowest BCUT2D eigenvalue weighted by Gasteiger charge is -2.07. The van der Waals surface area contributed by atoms with Crippen LogP contribution in [0.3, 0.4) is 0 Å². The van der Waals surface area contributed by atoms with Gasteiger partial charge >= 0.3 is 0 Å². The van der Waals surface area contributed by atoms with Gasteiger partial charge in [-0.3, -0.25) is 4.98 Å². The molecule has 0 unspecified atom stereocenters. The fourth-order valence-electron chi connectivity index (χ4n) is 2.01. The van der Waals surface area contributed by atoms with E-state index in [0.29, 0.717) is 10.7 Å². The molecule has 0 bridgehead atoms. The molecule has 2 heterocycles. The van der Waals surface area contributed by atoms with Crippen LogP contribution in [0, 0.1) is 18.3 Å². The Bertz CT molecular complexity index is 833. The van der Waals surface area contributed by atoms with Gasteiger partial charge in [-0.1, -0.05) is 22.9 Å². The number of hydrogen-bond donors (Lipinski definition) is 0. The molecule has 0 atom stereocenters. The van der Waals surface area contributed by atoms with Crippen LogP contribution in [0.2, 0.25) is 5.02 Å². The Labute approximate surface area is 126 Å². The zero-order valence-corrected chi connectivity index (χ0v) is 11.9. The molecule has 0 radical (unpaired) electrons. The first-order valence-corrected chi connectivity index (χ1v) is 6.61. The van der Waals surface area contributed by atoms with Crippen molar-refractivity contribution in [1.82, 2.24) is 20.0 Å². The van der Waals surface area contributed by atoms with Crippen molar-refractivity contribution in [2.75, 3.05) is 0 Å². The average Bonchev–Trinajstić information content (AvgIpc) is 2.95. The minimum absolute atomic E-state index is 0.250. The third kappa shape index (κ3) is 2.37. The zero-order valence-electron chi connectivity index (χ0n) is 11.2. The predicted octanol–water partition coefficient (Wildman–Crippen LogP) is 3.16. The second-order valence-electron chi connectivity index (χ2n) is 4.49. The Hall–Kier alpha value is -2.71. The molecule has 3 rings (SSSR count). The van der Waals surface area contributed by atoms with Crippen molar-refractivity contribution >= 4 is 11.6 Å². The number of rotatable bonds is 2. The molecule has 5 nitrogen and oxygen atoms in total. The number of pyridine rings is 1. The molecule has 102 valence electrons. The summed E-state index contributed by atoms with van der Waals surface area (Å²) in [5.41, 5.74) is 3.35. The summed E-state index contributed by atoms with van der Waals surface area (Å²) in [4.78, 5) is 4.08. The molecule has 0 amide bonds. The minimum Gasteiger partial charge on any atom is -0.264 e. The van der Waals surface area contributed by atoms with Crippen molar-refractivity contribution in [3.63, 3.8) is 0 Å². The third-order valence-corrected chi connectivity index (χ3v) is 3.52. The van der Waals surface area contributed by atoms with Crippen LogP contribution >= 0.6 is 11.6 Å². The number of hydrogen-bond acceptors (Lipinski definition) is 4. The second kappa shape index (κ2) is 5.35. The molecular formula is C15H10ClN5. The van der Waals surface area contributed by atoms with Crippen LogP contribution in [-0.4, -0.2) is 20.0 Å². The Morgan fingerprint density at radius 1 is 1.29 bits per heavy atom. The van der Waals surface area contributed by atoms with E-state index in [1.54, 1.807) is 29.2 Å². The van der Waals surface area contributed by atoms with Crippen molar-refractivity contribution in [2.45, 2.75) is 6.92 Å². The van der Waals surface area contributed by atoms with Gasteiger partial charge in [0, 0.05) is 23.0 Å². The SMILES string of the molecule is Cc1ccc(-n2nnc(C#N)c2-c2cccnc2)cc1Cl. The van der Waals surface area contributed by atoms with Crippen LogP contribution in [0.25, 0.3) is 16.9 Å². The van der Waals surface area contributed by atoms with Gasteiger partial charge in [0.1, 0.15) is 11.8 Å². The second-order valence-corrected chi connectivity index (χ2v) is 4.89. The summed E-state index contributed by atoms with van der Waals surface area (Å²) >= 11 is 6.16. The van der Waals surface area contributed by atoms with Gasteiger partial charge < -0.3 is 0 Å². The summed E-state index contributed by atoms with van der Waals surface area (Å²) in [7, 11) is 0. The molecule has 21 heavy (non-hydrogen) atoms. The van der Waals surface area contributed by atoms with Gasteiger partial charge in [0.05, 0.1) is 5.69 Å². The molecule has 0 N–H and O–H groups in total. The summed E-state index contributed by atoms with van der Waals surface area (Å²) in [6, 6.07) is 11.3. The first-order chi connectivity index (χ1) is 10.2. The Morgan fingerprint density at radius 2 is 2.14 bits per heavy atom. The molecule has 1 aromatic carbocycles. The quantitative estimate of drug-likeness (QED) is 0.728. The molecule has 0 aliphatic rings. The van der Waals surface area contributed by atoms with Crippen LogP contribution in [-0.2, 0) is 0 Å². The molecule has 0 aliphatic heterocycles. The van der Waals surface area contributed by atoms with Gasteiger partial charge in [-0.05, 0) is 36.8 Å². The van der Waals surface area contributed by atoms with Crippen LogP contribution in [0.1, 0.15) is 11.3 Å². The van der Waals surface area contributed by atoms with E-state index in [2.05, 4.69) is 21.4 Å². The van der Waals surface area contributed by atoms with Gasteiger partial charge in [0.15, 0.2) is 5.69 Å². The minimum atomic E-state index is 0.250. The van der Waals surface area contributed by atoms with Crippen molar-refractivity contribution in [1.29, 1.82) is 5.26 Å². The van der Waals surface area contributed by atoms with Crippen LogP contribution in [0.15, 0.2) is 42.7 Å². The molecule has 3 aromatic rings. The van der Waals surface area contributed by atoms with Crippen LogP contribution < -0.4 is 0 Å². The maximum absolute atomic E-state index is 9.23. The highest BCUT2D eigenvalue weighted by molar-refractivity contribution is 6.31. The molecule has 6 heteroatoms. The third-order valence-electron chi connectivity index (χ3n) is 3.11. The lowest BCUT2D eigenvalue weighted by Crippen LogP contribution is -2.00. The monoisotopic (exact) mass is 295 g/mol. The Kier molecular flexibility index (Phi) is 3.38. The van der Waals surface area contributed by atoms with E-state index in [4.69, 9.17) is 11.6 Å². The molecule has 0 aliphatic carbocycles. The number of halogens is 1. The highest BCUT2D eigenvalue weighted by Crippen LogP contribution is 2.26. The van der Waals surface area contributed by atoms with E-state index in [1.165, 1.54) is 0 Å². The van der Waals surface area contributed by atoms with E-state index in [0.717, 1.165) is 16.8 Å². The number of aromatic nitrogens is 4. The molecule has 0 fully saturated rings. The van der Waals surface area contributed by atoms with Gasteiger partial charge in [-0.25, -0.2) is 4.68 Å². The fraction of sp³-hybridized carbons (Fsp3) is 0.0667. The molecule has 0 spiro atoms. The topological polar surface area (TPSA) is 67.4 Å². The molecule has 0 saturated heterocycles. The highest BCUT2D eigenvalue weighted by atomic mass is 35.5. The standard InChI is InChI=1S/C15H10ClN5/c1-10-4-5-12(7-13(10)16)21-15(14(8-17)19-20-21)11-3-2-6-18-9-11/h2-7,9H,1H3. The lowest BCUT2D eigenvalue weighted by molar-refractivity contribution is 0.806. The first-order valence-electron chi connectivity index (χ1n) is 6.23. The predicted molar refractivity (Wildman–Crippen MR) is 79.1 cm³/mol. The number of benzene rings is 1. The molecule has 2 aromatic heterocycles. The van der Waals surface area contributed by atoms with Crippen molar-refractivity contribution in [2.24, 2.45) is 0 Å². The van der Waals surface area contributed by atoms with E-state index >= 15 is 0 Å². The van der Waals surface area contributed by atoms with Gasteiger partial charge in [-0.2, -0.15) is 5.26 Å². The highest BCUT2D eigenvalue weighted by Gasteiger charge is 2.16. The van der Waals surface area contributed by atoms with E-state index in [1.807, 2.05) is 25.1 Å². The lowest BCUT2D eigenvalue weighted by atomic mass is 10.1. The summed E-state index contributed by atoms with van der Waals surface area (Å²) in [5, 5.41) is 17.8. The Morgan fingerprint density at radius 3 is 2.81 bits per heavy atom. The molecular weight excluding hydrogens is 286 g/mol. The Balaban J connectivity index is 2.23. The first kappa shape index (κ1) is 13.3. The van der Waals surface area contributed by atoms with Crippen molar-refractivity contribution < 1.29 is 0 Å². The van der Waals surface area contributed by atoms with Gasteiger partial charge in [-0.15, -0.1) is 5.10 Å². The van der Waals surface area contributed by atoms with E-state index < -0.39 is 0 Å². The van der Waals surface area contributed by atoms with Crippen molar-refractivity contribution in [3.05, 3.63) is 59.0 Å². The largest absolute Gasteiger partial charge is 0.264 e. The zero-order chi connectivity index (χ0) is 14.8. The van der Waals surface area contributed by atoms with E-state index in [9.17, 15) is 5.26 Å². The normalized spacial score (nSPS) is 10.3. The maximum Gasteiger partial charge on any atom is 0.191 e. The van der Waals surface area contributed by atoms with Gasteiger partial charge in [0.25, 0.3) is 0 Å². The fourth-order valence-corrected chi connectivity index (χ4v) is 2.19. The summed E-state index contributed by atoms with van der Waals surface area (Å²) in [6.07, 6.45) is 3.35. The number of nitrogens with zero attached hydrogens (tertiary/aromatic N) is 5. The van der Waals surface area contributed by atoms with E-state index in [-0.39, 0.29) is 5.69 Å². The summed E-state index contributed by atoms with van der Waals surface area (Å²) in [6.45, 7) is 1.93. The van der Waals surface area contributed by atoms with Crippen LogP contribution in [0.5, 0.6) is 0 Å². The molecule has 0 saturated carbocycles.